The van der Waals surface area contributed by atoms with E-state index in [1.54, 1.807) is 48.5 Å². The second-order valence-electron chi connectivity index (χ2n) is 7.37. The lowest BCUT2D eigenvalue weighted by molar-refractivity contribution is -0.299. The van der Waals surface area contributed by atoms with Gasteiger partial charge in [0, 0.05) is 11.5 Å². The smallest absolute Gasteiger partial charge is 0.338 e. The summed E-state index contributed by atoms with van der Waals surface area (Å²) < 4.78 is 22.4. The molecule has 2 aromatic rings. The highest BCUT2D eigenvalue weighted by Gasteiger charge is 2.50. The van der Waals surface area contributed by atoms with Crippen LogP contribution in [-0.2, 0) is 18.9 Å². The minimum absolute atomic E-state index is 0.0523. The summed E-state index contributed by atoms with van der Waals surface area (Å²) in [5.74, 6) is -1.50. The lowest BCUT2D eigenvalue weighted by atomic mass is 9.98. The normalized spacial score (nSPS) is 24.0. The molecular weight excluding hydrogens is 446 g/mol. The van der Waals surface area contributed by atoms with Crippen LogP contribution in [0.15, 0.2) is 65.8 Å². The number of hydrogen-bond acceptors (Lipinski definition) is 9. The number of rotatable bonds is 10. The molecule has 5 atom stereocenters. The topological polar surface area (TPSA) is 160 Å². The summed E-state index contributed by atoms with van der Waals surface area (Å²) in [6.45, 7) is -0.384. The van der Waals surface area contributed by atoms with Crippen LogP contribution in [0.3, 0.4) is 0 Å². The Morgan fingerprint density at radius 3 is 2.06 bits per heavy atom. The zero-order chi connectivity index (χ0) is 24.3. The van der Waals surface area contributed by atoms with Crippen LogP contribution in [0.5, 0.6) is 0 Å². The lowest BCUT2D eigenvalue weighted by Crippen LogP contribution is -2.61. The van der Waals surface area contributed by atoms with Crippen LogP contribution >= 0.6 is 0 Å². The highest BCUT2D eigenvalue weighted by atomic mass is 16.7. The molecule has 0 saturated carbocycles. The fourth-order valence-electron chi connectivity index (χ4n) is 3.35. The van der Waals surface area contributed by atoms with E-state index in [1.165, 1.54) is 12.1 Å². The third-order valence-corrected chi connectivity index (χ3v) is 5.05. The monoisotopic (exact) mass is 471 g/mol. The van der Waals surface area contributed by atoms with Crippen molar-refractivity contribution in [2.45, 2.75) is 37.1 Å². The van der Waals surface area contributed by atoms with Gasteiger partial charge in [0.2, 0.25) is 0 Å². The first-order valence-corrected chi connectivity index (χ1v) is 10.6. The van der Waals surface area contributed by atoms with Crippen molar-refractivity contribution in [3.63, 3.8) is 0 Å². The summed E-state index contributed by atoms with van der Waals surface area (Å²) >= 11 is 0. The number of nitrogens with zero attached hydrogens (tertiary/aromatic N) is 3. The van der Waals surface area contributed by atoms with Gasteiger partial charge >= 0.3 is 11.9 Å². The predicted octanol–water partition coefficient (Wildman–Crippen LogP) is 2.23. The van der Waals surface area contributed by atoms with E-state index >= 15 is 0 Å². The third-order valence-electron chi connectivity index (χ3n) is 5.05. The van der Waals surface area contributed by atoms with E-state index in [0.717, 1.165) is 0 Å². The van der Waals surface area contributed by atoms with Crippen LogP contribution in [0, 0.1) is 0 Å². The molecule has 1 aliphatic heterocycles. The van der Waals surface area contributed by atoms with E-state index in [0.29, 0.717) is 6.42 Å². The molecule has 1 fully saturated rings. The van der Waals surface area contributed by atoms with Gasteiger partial charge in [-0.15, -0.1) is 0 Å². The number of carbonyl (C=O) groups is 2. The average Bonchev–Trinajstić information content (AvgIpc) is 2.88. The largest absolute Gasteiger partial charge is 0.452 e. The molecule has 0 unspecified atom stereocenters. The lowest BCUT2D eigenvalue weighted by Gasteiger charge is -2.42. The number of azide groups is 1. The number of esters is 2. The Labute approximate surface area is 195 Å². The Morgan fingerprint density at radius 2 is 1.53 bits per heavy atom. The molecule has 34 heavy (non-hydrogen) atoms. The zero-order valence-electron chi connectivity index (χ0n) is 18.2. The molecule has 2 aromatic carbocycles. The van der Waals surface area contributed by atoms with Crippen LogP contribution in [0.4, 0.5) is 0 Å². The molecule has 1 saturated heterocycles. The molecule has 11 heteroatoms. The van der Waals surface area contributed by atoms with Gasteiger partial charge in [0.1, 0.15) is 12.2 Å². The average molecular weight is 471 g/mol. The van der Waals surface area contributed by atoms with Gasteiger partial charge in [-0.05, 0) is 36.2 Å². The third kappa shape index (κ3) is 6.53. The van der Waals surface area contributed by atoms with Crippen molar-refractivity contribution in [3.8, 4) is 0 Å². The SMILES string of the molecule is [N-]=[N+]=NCCCO[C@@H]1O[C@H](CO)[C@@H](O)[C@H](OC(=O)c2ccccc2)[C@H]1OC(=O)c1ccccc1. The number of hydrogen-bond donors (Lipinski definition) is 2. The quantitative estimate of drug-likeness (QED) is 0.175. The zero-order valence-corrected chi connectivity index (χ0v) is 18.2. The maximum atomic E-state index is 12.8. The number of benzene rings is 2. The van der Waals surface area contributed by atoms with Crippen LogP contribution in [0.1, 0.15) is 27.1 Å². The second-order valence-corrected chi connectivity index (χ2v) is 7.37. The van der Waals surface area contributed by atoms with Crippen molar-refractivity contribution in [2.24, 2.45) is 5.11 Å². The van der Waals surface area contributed by atoms with Gasteiger partial charge in [-0.1, -0.05) is 41.5 Å². The van der Waals surface area contributed by atoms with E-state index in [9.17, 15) is 19.8 Å². The molecule has 2 N–H and O–H groups in total. The van der Waals surface area contributed by atoms with Gasteiger partial charge in [-0.3, -0.25) is 0 Å². The predicted molar refractivity (Wildman–Crippen MR) is 118 cm³/mol. The Bertz CT molecular complexity index is 984. The van der Waals surface area contributed by atoms with Gasteiger partial charge in [0.15, 0.2) is 18.5 Å². The molecule has 1 heterocycles. The molecule has 11 nitrogen and oxygen atoms in total. The summed E-state index contributed by atoms with van der Waals surface area (Å²) in [6.07, 6.45) is -6.35. The number of ether oxygens (including phenoxy) is 4. The minimum atomic E-state index is -1.51. The summed E-state index contributed by atoms with van der Waals surface area (Å²) in [7, 11) is 0. The second kappa shape index (κ2) is 12.7. The van der Waals surface area contributed by atoms with Crippen LogP contribution in [-0.4, -0.2) is 72.6 Å². The number of carbonyl (C=O) groups excluding carboxylic acids is 2. The van der Waals surface area contributed by atoms with Crippen molar-refractivity contribution in [1.29, 1.82) is 0 Å². The van der Waals surface area contributed by atoms with Crippen molar-refractivity contribution in [2.75, 3.05) is 19.8 Å². The maximum Gasteiger partial charge on any atom is 0.338 e. The van der Waals surface area contributed by atoms with E-state index in [2.05, 4.69) is 10.0 Å². The summed E-state index contributed by atoms with van der Waals surface area (Å²) in [5, 5.41) is 23.9. The Balaban J connectivity index is 1.85. The fourth-order valence-corrected chi connectivity index (χ4v) is 3.35. The first-order chi connectivity index (χ1) is 16.5. The maximum absolute atomic E-state index is 12.8. The van der Waals surface area contributed by atoms with Crippen molar-refractivity contribution < 1.29 is 38.7 Å². The first kappa shape index (κ1) is 25.2. The van der Waals surface area contributed by atoms with E-state index < -0.39 is 49.3 Å². The molecule has 0 radical (unpaired) electrons. The molecule has 3 rings (SSSR count). The minimum Gasteiger partial charge on any atom is -0.452 e. The van der Waals surface area contributed by atoms with Crippen molar-refractivity contribution >= 4 is 11.9 Å². The summed E-state index contributed by atoms with van der Waals surface area (Å²) in [4.78, 5) is 28.2. The summed E-state index contributed by atoms with van der Waals surface area (Å²) in [6, 6.07) is 16.2. The molecule has 0 aromatic heterocycles. The molecule has 1 aliphatic rings. The van der Waals surface area contributed by atoms with Gasteiger partial charge in [-0.2, -0.15) is 0 Å². The highest BCUT2D eigenvalue weighted by Crippen LogP contribution is 2.28. The molecule has 0 amide bonds. The van der Waals surface area contributed by atoms with Crippen molar-refractivity contribution in [1.82, 2.24) is 0 Å². The van der Waals surface area contributed by atoms with Crippen LogP contribution in [0.25, 0.3) is 10.4 Å². The van der Waals surface area contributed by atoms with Gasteiger partial charge in [0.25, 0.3) is 0 Å². The van der Waals surface area contributed by atoms with Gasteiger partial charge in [0.05, 0.1) is 24.3 Å². The molecule has 0 bridgehead atoms. The molecule has 0 spiro atoms. The van der Waals surface area contributed by atoms with Crippen LogP contribution in [0.2, 0.25) is 0 Å². The number of aliphatic hydroxyl groups is 2. The van der Waals surface area contributed by atoms with E-state index in [1.807, 2.05) is 0 Å². The van der Waals surface area contributed by atoms with Gasteiger partial charge in [-0.25, -0.2) is 9.59 Å². The van der Waals surface area contributed by atoms with Gasteiger partial charge < -0.3 is 29.2 Å². The number of aliphatic hydroxyl groups excluding tert-OH is 2. The Morgan fingerprint density at radius 1 is 0.971 bits per heavy atom. The van der Waals surface area contributed by atoms with Crippen molar-refractivity contribution in [3.05, 3.63) is 82.2 Å². The Hall–Kier alpha value is -3.47. The first-order valence-electron chi connectivity index (χ1n) is 10.6. The fraction of sp³-hybridized carbons (Fsp3) is 0.391. The van der Waals surface area contributed by atoms with E-state index in [-0.39, 0.29) is 24.3 Å². The standard InChI is InChI=1S/C23H25N3O8/c24-26-25-12-7-13-31-23-20(34-22(30)16-10-5-2-6-11-16)19(18(28)17(14-27)32-23)33-21(29)15-8-3-1-4-9-15/h1-6,8-11,17-20,23,27-28H,7,12-14H2/t17-,18-,19+,20-,23-/m1/s1. The molecule has 180 valence electrons. The van der Waals surface area contributed by atoms with E-state index in [4.69, 9.17) is 24.5 Å². The Kier molecular flexibility index (Phi) is 9.39. The van der Waals surface area contributed by atoms with Crippen LogP contribution < -0.4 is 0 Å². The summed E-state index contributed by atoms with van der Waals surface area (Å²) in [5.41, 5.74) is 8.86. The highest BCUT2D eigenvalue weighted by molar-refractivity contribution is 5.90. The molecule has 0 aliphatic carbocycles. The molecular formula is C23H25N3O8.